The summed E-state index contributed by atoms with van der Waals surface area (Å²) in [7, 11) is 2.14. The smallest absolute Gasteiger partial charge is 0.134 e. The highest BCUT2D eigenvalue weighted by Crippen LogP contribution is 2.16. The Balaban J connectivity index is 2.02. The van der Waals surface area contributed by atoms with Gasteiger partial charge in [0.25, 0.3) is 0 Å². The molecule has 16 heavy (non-hydrogen) atoms. The number of rotatable bonds is 2. The van der Waals surface area contributed by atoms with Gasteiger partial charge in [-0.05, 0) is 33.4 Å². The van der Waals surface area contributed by atoms with E-state index >= 15 is 0 Å². The molecule has 2 rings (SSSR count). The van der Waals surface area contributed by atoms with Gasteiger partial charge in [0, 0.05) is 18.7 Å². The van der Waals surface area contributed by atoms with Crippen LogP contribution < -0.4 is 5.32 Å². The zero-order chi connectivity index (χ0) is 11.5. The molecule has 1 unspecified atom stereocenters. The van der Waals surface area contributed by atoms with E-state index in [-0.39, 0.29) is 0 Å². The second-order valence-corrected chi connectivity index (χ2v) is 4.76. The first-order valence-electron chi connectivity index (χ1n) is 5.60. The van der Waals surface area contributed by atoms with Crippen LogP contribution in [0.2, 0.25) is 5.15 Å². The van der Waals surface area contributed by atoms with Gasteiger partial charge in [0.05, 0.1) is 0 Å². The molecule has 0 aliphatic carbocycles. The molecule has 1 aliphatic rings. The standard InChI is InChI=1S/C11H17ClN4/c1-8-13-10(12)6-11(14-8)15-9-4-3-5-16(2)7-9/h6,9H,3-5,7H2,1-2H3,(H,13,14,15). The van der Waals surface area contributed by atoms with E-state index in [1.807, 2.05) is 6.92 Å². The molecule has 0 bridgehead atoms. The van der Waals surface area contributed by atoms with E-state index in [0.29, 0.717) is 17.0 Å². The number of anilines is 1. The van der Waals surface area contributed by atoms with E-state index in [0.717, 1.165) is 12.4 Å². The minimum Gasteiger partial charge on any atom is -0.366 e. The maximum Gasteiger partial charge on any atom is 0.134 e. The van der Waals surface area contributed by atoms with Gasteiger partial charge < -0.3 is 10.2 Å². The van der Waals surface area contributed by atoms with Gasteiger partial charge in [-0.15, -0.1) is 0 Å². The summed E-state index contributed by atoms with van der Waals surface area (Å²) in [5.41, 5.74) is 0. The van der Waals surface area contributed by atoms with Gasteiger partial charge in [-0.25, -0.2) is 9.97 Å². The Morgan fingerprint density at radius 1 is 1.50 bits per heavy atom. The van der Waals surface area contributed by atoms with Crippen LogP contribution in [0, 0.1) is 6.92 Å². The maximum atomic E-state index is 5.89. The molecule has 0 saturated carbocycles. The minimum atomic E-state index is 0.462. The van der Waals surface area contributed by atoms with Crippen molar-refractivity contribution < 1.29 is 0 Å². The van der Waals surface area contributed by atoms with E-state index < -0.39 is 0 Å². The summed E-state index contributed by atoms with van der Waals surface area (Å²) in [6, 6.07) is 2.24. The molecule has 0 radical (unpaired) electrons. The number of piperidine rings is 1. The molecule has 1 aromatic rings. The largest absolute Gasteiger partial charge is 0.366 e. The molecule has 1 fully saturated rings. The number of aromatic nitrogens is 2. The average Bonchev–Trinajstić information content (AvgIpc) is 2.15. The van der Waals surface area contributed by atoms with Crippen LogP contribution in [0.3, 0.4) is 0 Å². The van der Waals surface area contributed by atoms with Crippen LogP contribution in [0.5, 0.6) is 0 Å². The number of halogens is 1. The zero-order valence-corrected chi connectivity index (χ0v) is 10.5. The summed E-state index contributed by atoms with van der Waals surface area (Å²) < 4.78 is 0. The normalized spacial score (nSPS) is 22.1. The van der Waals surface area contributed by atoms with Gasteiger partial charge >= 0.3 is 0 Å². The predicted molar refractivity (Wildman–Crippen MR) is 65.9 cm³/mol. The number of nitrogens with one attached hydrogen (secondary N) is 1. The summed E-state index contributed by atoms with van der Waals surface area (Å²) in [6.45, 7) is 4.09. The van der Waals surface area contributed by atoms with Crippen LogP contribution in [-0.2, 0) is 0 Å². The fourth-order valence-electron chi connectivity index (χ4n) is 2.10. The average molecular weight is 241 g/mol. The van der Waals surface area contributed by atoms with Crippen molar-refractivity contribution in [2.45, 2.75) is 25.8 Å². The first-order valence-corrected chi connectivity index (χ1v) is 5.97. The molecule has 0 aromatic carbocycles. The summed E-state index contributed by atoms with van der Waals surface area (Å²) in [4.78, 5) is 10.7. The number of aryl methyl sites for hydroxylation is 1. The van der Waals surface area contributed by atoms with E-state index in [1.54, 1.807) is 6.07 Å². The van der Waals surface area contributed by atoms with Gasteiger partial charge in [-0.1, -0.05) is 11.6 Å². The molecule has 88 valence electrons. The lowest BCUT2D eigenvalue weighted by Gasteiger charge is -2.30. The van der Waals surface area contributed by atoms with Gasteiger partial charge in [0.2, 0.25) is 0 Å². The fourth-order valence-corrected chi connectivity index (χ4v) is 2.32. The Bertz CT molecular complexity index is 349. The fraction of sp³-hybridized carbons (Fsp3) is 0.636. The third-order valence-electron chi connectivity index (χ3n) is 2.78. The summed E-state index contributed by atoms with van der Waals surface area (Å²) in [6.07, 6.45) is 2.41. The highest BCUT2D eigenvalue weighted by atomic mass is 35.5. The van der Waals surface area contributed by atoms with E-state index in [2.05, 4.69) is 27.2 Å². The SMILES string of the molecule is Cc1nc(Cl)cc(NC2CCCN(C)C2)n1. The van der Waals surface area contributed by atoms with Crippen molar-refractivity contribution in [3.05, 3.63) is 17.0 Å². The van der Waals surface area contributed by atoms with Crippen molar-refractivity contribution in [1.82, 2.24) is 14.9 Å². The first-order chi connectivity index (χ1) is 7.63. The maximum absolute atomic E-state index is 5.89. The Morgan fingerprint density at radius 2 is 2.31 bits per heavy atom. The van der Waals surface area contributed by atoms with Crippen LogP contribution in [0.4, 0.5) is 5.82 Å². The van der Waals surface area contributed by atoms with Crippen LogP contribution in [0.25, 0.3) is 0 Å². The predicted octanol–water partition coefficient (Wildman–Crippen LogP) is 1.94. The van der Waals surface area contributed by atoms with Crippen molar-refractivity contribution in [3.63, 3.8) is 0 Å². The molecule has 1 saturated heterocycles. The zero-order valence-electron chi connectivity index (χ0n) is 9.70. The van der Waals surface area contributed by atoms with Gasteiger partial charge in [-0.3, -0.25) is 0 Å². The summed E-state index contributed by atoms with van der Waals surface area (Å²) in [5, 5.41) is 3.91. The molecular weight excluding hydrogens is 224 g/mol. The molecule has 1 aliphatic heterocycles. The highest BCUT2D eigenvalue weighted by Gasteiger charge is 2.17. The molecule has 2 heterocycles. The van der Waals surface area contributed by atoms with E-state index in [9.17, 15) is 0 Å². The molecule has 1 aromatic heterocycles. The van der Waals surface area contributed by atoms with Crippen LogP contribution in [0.15, 0.2) is 6.07 Å². The molecule has 0 amide bonds. The Labute approximate surface area is 101 Å². The monoisotopic (exact) mass is 240 g/mol. The number of nitrogens with zero attached hydrogens (tertiary/aromatic N) is 3. The Morgan fingerprint density at radius 3 is 3.00 bits per heavy atom. The number of likely N-dealkylation sites (N-methyl/N-ethyl adjacent to an activating group) is 1. The second-order valence-electron chi connectivity index (χ2n) is 4.37. The lowest BCUT2D eigenvalue weighted by atomic mass is 10.1. The number of likely N-dealkylation sites (tertiary alicyclic amines) is 1. The van der Waals surface area contributed by atoms with Crippen molar-refractivity contribution >= 4 is 17.4 Å². The van der Waals surface area contributed by atoms with Crippen LogP contribution in [0.1, 0.15) is 18.7 Å². The number of hydrogen-bond donors (Lipinski definition) is 1. The van der Waals surface area contributed by atoms with E-state index in [1.165, 1.54) is 19.4 Å². The van der Waals surface area contributed by atoms with Crippen LogP contribution >= 0.6 is 11.6 Å². The van der Waals surface area contributed by atoms with Gasteiger partial charge in [0.15, 0.2) is 0 Å². The third kappa shape index (κ3) is 3.06. The molecular formula is C11H17ClN4. The lowest BCUT2D eigenvalue weighted by molar-refractivity contribution is 0.260. The Hall–Kier alpha value is -0.870. The Kier molecular flexibility index (Phi) is 3.61. The third-order valence-corrected chi connectivity index (χ3v) is 2.98. The van der Waals surface area contributed by atoms with Crippen molar-refractivity contribution in [3.8, 4) is 0 Å². The molecule has 0 spiro atoms. The second kappa shape index (κ2) is 4.97. The van der Waals surface area contributed by atoms with Crippen molar-refractivity contribution in [2.75, 3.05) is 25.5 Å². The lowest BCUT2D eigenvalue weighted by Crippen LogP contribution is -2.39. The van der Waals surface area contributed by atoms with Crippen molar-refractivity contribution in [1.29, 1.82) is 0 Å². The van der Waals surface area contributed by atoms with Gasteiger partial charge in [-0.2, -0.15) is 0 Å². The van der Waals surface area contributed by atoms with Crippen LogP contribution in [-0.4, -0.2) is 41.0 Å². The minimum absolute atomic E-state index is 0.462. The number of hydrogen-bond acceptors (Lipinski definition) is 4. The first kappa shape index (κ1) is 11.6. The molecule has 5 heteroatoms. The van der Waals surface area contributed by atoms with Crippen molar-refractivity contribution in [2.24, 2.45) is 0 Å². The highest BCUT2D eigenvalue weighted by molar-refractivity contribution is 6.29. The molecule has 1 N–H and O–H groups in total. The molecule has 4 nitrogen and oxygen atoms in total. The molecule has 1 atom stereocenters. The quantitative estimate of drug-likeness (QED) is 0.803. The summed E-state index contributed by atoms with van der Waals surface area (Å²) >= 11 is 5.89. The summed E-state index contributed by atoms with van der Waals surface area (Å²) in [5.74, 6) is 1.54. The topological polar surface area (TPSA) is 41.1 Å². The van der Waals surface area contributed by atoms with Gasteiger partial charge in [0.1, 0.15) is 16.8 Å². The van der Waals surface area contributed by atoms with E-state index in [4.69, 9.17) is 11.6 Å².